The Morgan fingerprint density at radius 1 is 1.00 bits per heavy atom. The molecule has 1 N–H and O–H groups in total. The van der Waals surface area contributed by atoms with E-state index < -0.39 is 22.9 Å². The number of hydrogen-bond acceptors (Lipinski definition) is 7. The minimum atomic E-state index is -1.28. The first-order valence-corrected chi connectivity index (χ1v) is 9.96. The number of nitrogens with one attached hydrogen (secondary N) is 1. The molecule has 9 nitrogen and oxygen atoms in total. The van der Waals surface area contributed by atoms with Crippen molar-refractivity contribution in [1.82, 2.24) is 0 Å². The Morgan fingerprint density at radius 2 is 1.73 bits per heavy atom. The predicted octanol–water partition coefficient (Wildman–Crippen LogP) is 4.21. The lowest BCUT2D eigenvalue weighted by molar-refractivity contribution is -0.384. The highest BCUT2D eigenvalue weighted by atomic mass is 16.6. The molecule has 1 atom stereocenters. The highest BCUT2D eigenvalue weighted by Crippen LogP contribution is 2.29. The summed E-state index contributed by atoms with van der Waals surface area (Å²) < 4.78 is 10.7. The number of nitro groups is 1. The zero-order valence-corrected chi connectivity index (χ0v) is 18.3. The summed E-state index contributed by atoms with van der Waals surface area (Å²) in [5, 5.41) is 14.2. The molecule has 0 aromatic heterocycles. The molecule has 33 heavy (non-hydrogen) atoms. The average molecular weight is 449 g/mol. The molecule has 0 aliphatic rings. The van der Waals surface area contributed by atoms with Crippen molar-refractivity contribution >= 4 is 28.9 Å². The minimum absolute atomic E-state index is 0.0394. The molecule has 0 saturated carbocycles. The summed E-state index contributed by atoms with van der Waals surface area (Å²) in [6.45, 7) is 0. The number of methoxy groups -OCH3 is 1. The highest BCUT2D eigenvalue weighted by molar-refractivity contribution is 5.98. The quantitative estimate of drug-likeness (QED) is 0.312. The third kappa shape index (κ3) is 5.65. The Labute approximate surface area is 190 Å². The Kier molecular flexibility index (Phi) is 7.24. The van der Waals surface area contributed by atoms with Gasteiger partial charge < -0.3 is 19.7 Å². The molecular weight excluding hydrogens is 426 g/mol. The molecule has 9 heteroatoms. The molecule has 0 heterocycles. The first kappa shape index (κ1) is 23.3. The van der Waals surface area contributed by atoms with Gasteiger partial charge in [-0.05, 0) is 24.3 Å². The maximum atomic E-state index is 13.1. The first-order valence-electron chi connectivity index (χ1n) is 9.96. The van der Waals surface area contributed by atoms with Crippen LogP contribution in [-0.4, -0.2) is 38.0 Å². The fourth-order valence-corrected chi connectivity index (χ4v) is 3.16. The molecule has 3 aromatic carbocycles. The normalized spacial score (nSPS) is 11.2. The summed E-state index contributed by atoms with van der Waals surface area (Å²) in [5.41, 5.74) is 0.967. The Hall–Kier alpha value is -4.40. The van der Waals surface area contributed by atoms with Gasteiger partial charge in [0.25, 0.3) is 11.6 Å². The van der Waals surface area contributed by atoms with E-state index in [1.54, 1.807) is 73.6 Å². The maximum Gasteiger partial charge on any atom is 0.339 e. The average Bonchev–Trinajstić information content (AvgIpc) is 2.82. The molecule has 0 spiro atoms. The summed E-state index contributed by atoms with van der Waals surface area (Å²) in [7, 11) is 4.83. The van der Waals surface area contributed by atoms with Gasteiger partial charge in [-0.25, -0.2) is 4.79 Å². The van der Waals surface area contributed by atoms with E-state index in [0.29, 0.717) is 22.7 Å². The molecule has 0 fully saturated rings. The highest BCUT2D eigenvalue weighted by Gasteiger charge is 2.27. The van der Waals surface area contributed by atoms with Crippen LogP contribution >= 0.6 is 0 Å². The smallest absolute Gasteiger partial charge is 0.339 e. The number of hydrogen-bond donors (Lipinski definition) is 1. The third-order valence-corrected chi connectivity index (χ3v) is 4.79. The second-order valence-electron chi connectivity index (χ2n) is 7.27. The molecule has 1 amide bonds. The van der Waals surface area contributed by atoms with Crippen molar-refractivity contribution < 1.29 is 24.0 Å². The molecule has 3 aromatic rings. The first-order chi connectivity index (χ1) is 15.8. The van der Waals surface area contributed by atoms with Crippen molar-refractivity contribution in [2.24, 2.45) is 0 Å². The molecule has 0 saturated heterocycles. The lowest BCUT2D eigenvalue weighted by Gasteiger charge is -2.19. The van der Waals surface area contributed by atoms with Gasteiger partial charge in [0.2, 0.25) is 6.10 Å². The summed E-state index contributed by atoms with van der Waals surface area (Å²) >= 11 is 0. The second-order valence-corrected chi connectivity index (χ2v) is 7.27. The second kappa shape index (κ2) is 10.3. The van der Waals surface area contributed by atoms with Crippen LogP contribution in [0.1, 0.15) is 22.0 Å². The van der Waals surface area contributed by atoms with Crippen LogP contribution in [0.2, 0.25) is 0 Å². The van der Waals surface area contributed by atoms with E-state index in [1.165, 1.54) is 19.2 Å². The van der Waals surface area contributed by atoms with E-state index in [0.717, 1.165) is 6.07 Å². The van der Waals surface area contributed by atoms with E-state index in [4.69, 9.17) is 9.47 Å². The summed E-state index contributed by atoms with van der Waals surface area (Å²) in [6, 6.07) is 19.3. The van der Waals surface area contributed by atoms with Gasteiger partial charge in [0.05, 0.1) is 17.6 Å². The molecule has 0 aliphatic carbocycles. The lowest BCUT2D eigenvalue weighted by Crippen LogP contribution is -2.26. The Bertz CT molecular complexity index is 1160. The molecule has 0 bridgehead atoms. The molecule has 0 aliphatic heterocycles. The van der Waals surface area contributed by atoms with E-state index in [-0.39, 0.29) is 11.3 Å². The topological polar surface area (TPSA) is 111 Å². The number of amides is 1. The summed E-state index contributed by atoms with van der Waals surface area (Å²) in [6.07, 6.45) is -1.28. The van der Waals surface area contributed by atoms with Crippen molar-refractivity contribution in [2.75, 3.05) is 31.4 Å². The number of carbonyl (C=O) groups is 2. The number of anilines is 2. The monoisotopic (exact) mass is 449 g/mol. The third-order valence-electron chi connectivity index (χ3n) is 4.79. The minimum Gasteiger partial charge on any atom is -0.497 e. The van der Waals surface area contributed by atoms with Gasteiger partial charge >= 0.3 is 5.97 Å². The summed E-state index contributed by atoms with van der Waals surface area (Å²) in [5.74, 6) is -0.894. The van der Waals surface area contributed by atoms with Crippen LogP contribution in [0, 0.1) is 10.1 Å². The Balaban J connectivity index is 1.89. The van der Waals surface area contributed by atoms with E-state index in [9.17, 15) is 19.7 Å². The van der Waals surface area contributed by atoms with Crippen LogP contribution in [0.3, 0.4) is 0 Å². The number of nitro benzene ring substituents is 1. The van der Waals surface area contributed by atoms with Gasteiger partial charge in [0, 0.05) is 37.5 Å². The lowest BCUT2D eigenvalue weighted by atomic mass is 10.1. The van der Waals surface area contributed by atoms with Crippen molar-refractivity contribution in [3.05, 3.63) is 94.0 Å². The van der Waals surface area contributed by atoms with Gasteiger partial charge in [-0.3, -0.25) is 14.9 Å². The van der Waals surface area contributed by atoms with Crippen LogP contribution in [0.25, 0.3) is 0 Å². The standard InChI is InChI=1S/C24H23N3O6/c1-26(2)20-13-12-17(14-21(20)27(30)31)24(29)33-22(16-8-5-4-6-9-16)23(28)25-18-10-7-11-19(15-18)32-3/h4-15,22H,1-3H3,(H,25,28)/t22-/m1/s1. The number of carbonyl (C=O) groups excluding carboxylic acids is 2. The number of rotatable bonds is 8. The zero-order chi connectivity index (χ0) is 24.0. The van der Waals surface area contributed by atoms with Crippen LogP contribution in [-0.2, 0) is 9.53 Å². The van der Waals surface area contributed by atoms with Gasteiger partial charge in [-0.15, -0.1) is 0 Å². The molecule has 3 rings (SSSR count). The van der Waals surface area contributed by atoms with Crippen molar-refractivity contribution in [1.29, 1.82) is 0 Å². The number of ether oxygens (including phenoxy) is 2. The van der Waals surface area contributed by atoms with Crippen LogP contribution in [0.4, 0.5) is 17.1 Å². The fourth-order valence-electron chi connectivity index (χ4n) is 3.16. The van der Waals surface area contributed by atoms with E-state index in [1.807, 2.05) is 0 Å². The molecular formula is C24H23N3O6. The van der Waals surface area contributed by atoms with Crippen molar-refractivity contribution in [3.63, 3.8) is 0 Å². The van der Waals surface area contributed by atoms with Crippen LogP contribution in [0.15, 0.2) is 72.8 Å². The predicted molar refractivity (Wildman–Crippen MR) is 124 cm³/mol. The molecule has 170 valence electrons. The maximum absolute atomic E-state index is 13.1. The van der Waals surface area contributed by atoms with E-state index >= 15 is 0 Å². The fraction of sp³-hybridized carbons (Fsp3) is 0.167. The van der Waals surface area contributed by atoms with Gasteiger partial charge in [0.15, 0.2) is 0 Å². The van der Waals surface area contributed by atoms with Crippen LogP contribution in [0.5, 0.6) is 5.75 Å². The van der Waals surface area contributed by atoms with Gasteiger partial charge in [0.1, 0.15) is 11.4 Å². The number of nitrogens with zero attached hydrogens (tertiary/aromatic N) is 2. The molecule has 0 radical (unpaired) electrons. The molecule has 0 unspecified atom stereocenters. The van der Waals surface area contributed by atoms with E-state index in [2.05, 4.69) is 5.32 Å². The van der Waals surface area contributed by atoms with Crippen LogP contribution < -0.4 is 15.0 Å². The van der Waals surface area contributed by atoms with Gasteiger partial charge in [-0.2, -0.15) is 0 Å². The van der Waals surface area contributed by atoms with Gasteiger partial charge in [-0.1, -0.05) is 36.4 Å². The Morgan fingerprint density at radius 3 is 2.36 bits per heavy atom. The summed E-state index contributed by atoms with van der Waals surface area (Å²) in [4.78, 5) is 38.4. The largest absolute Gasteiger partial charge is 0.497 e. The number of esters is 1. The SMILES string of the molecule is COc1cccc(NC(=O)[C@H](OC(=O)c2ccc(N(C)C)c([N+](=O)[O-])c2)c2ccccc2)c1. The van der Waals surface area contributed by atoms with Crippen molar-refractivity contribution in [2.45, 2.75) is 6.10 Å². The van der Waals surface area contributed by atoms with Crippen molar-refractivity contribution in [3.8, 4) is 5.75 Å². The zero-order valence-electron chi connectivity index (χ0n) is 18.3. The number of benzene rings is 3.